The van der Waals surface area contributed by atoms with E-state index in [1.54, 1.807) is 13.2 Å². The van der Waals surface area contributed by atoms with Gasteiger partial charge in [0.15, 0.2) is 11.5 Å². The first kappa shape index (κ1) is 15.7. The predicted octanol–water partition coefficient (Wildman–Crippen LogP) is 4.03. The van der Waals surface area contributed by atoms with Crippen molar-refractivity contribution in [2.45, 2.75) is 19.3 Å². The summed E-state index contributed by atoms with van der Waals surface area (Å²) in [5, 5.41) is 3.53. The molecule has 0 bridgehead atoms. The molecule has 4 nitrogen and oxygen atoms in total. The van der Waals surface area contributed by atoms with Crippen molar-refractivity contribution in [3.05, 3.63) is 52.5 Å². The van der Waals surface area contributed by atoms with Crippen LogP contribution in [0.3, 0.4) is 0 Å². The van der Waals surface area contributed by atoms with E-state index in [0.717, 1.165) is 16.8 Å². The van der Waals surface area contributed by atoms with Crippen molar-refractivity contribution in [2.75, 3.05) is 19.0 Å². The SMILES string of the molecule is CCOc1c(C[C@@H]2C(=O)Nc3ccc(Cl)cc32)cccc1OC. The average Bonchev–Trinajstić information content (AvgIpc) is 2.84. The van der Waals surface area contributed by atoms with Gasteiger partial charge >= 0.3 is 0 Å². The van der Waals surface area contributed by atoms with Crippen LogP contribution in [0, 0.1) is 0 Å². The van der Waals surface area contributed by atoms with Crippen molar-refractivity contribution in [1.82, 2.24) is 0 Å². The Balaban J connectivity index is 1.97. The van der Waals surface area contributed by atoms with Gasteiger partial charge in [0.2, 0.25) is 5.91 Å². The lowest BCUT2D eigenvalue weighted by molar-refractivity contribution is -0.117. The normalized spacial score (nSPS) is 16.0. The maximum atomic E-state index is 12.3. The smallest absolute Gasteiger partial charge is 0.232 e. The Bertz CT molecular complexity index is 745. The molecule has 1 heterocycles. The highest BCUT2D eigenvalue weighted by molar-refractivity contribution is 6.31. The highest BCUT2D eigenvalue weighted by atomic mass is 35.5. The molecular weight excluding hydrogens is 314 g/mol. The monoisotopic (exact) mass is 331 g/mol. The Morgan fingerprint density at radius 1 is 1.26 bits per heavy atom. The third kappa shape index (κ3) is 2.99. The van der Waals surface area contributed by atoms with Gasteiger partial charge in [0.25, 0.3) is 0 Å². The minimum atomic E-state index is -0.282. The number of carbonyl (C=O) groups is 1. The topological polar surface area (TPSA) is 47.6 Å². The van der Waals surface area contributed by atoms with Gasteiger partial charge in [0.1, 0.15) is 0 Å². The number of halogens is 1. The second-order valence-electron chi connectivity index (χ2n) is 5.36. The van der Waals surface area contributed by atoms with Gasteiger partial charge < -0.3 is 14.8 Å². The molecule has 5 heteroatoms. The zero-order valence-corrected chi connectivity index (χ0v) is 13.8. The predicted molar refractivity (Wildman–Crippen MR) is 90.7 cm³/mol. The van der Waals surface area contributed by atoms with Crippen molar-refractivity contribution < 1.29 is 14.3 Å². The van der Waals surface area contributed by atoms with Crippen LogP contribution < -0.4 is 14.8 Å². The molecular formula is C18H18ClNO3. The molecule has 1 N–H and O–H groups in total. The molecule has 0 aromatic heterocycles. The summed E-state index contributed by atoms with van der Waals surface area (Å²) >= 11 is 6.08. The molecule has 120 valence electrons. The minimum Gasteiger partial charge on any atom is -0.493 e. The Labute approximate surface area is 140 Å². The van der Waals surface area contributed by atoms with Crippen LogP contribution in [0.2, 0.25) is 5.02 Å². The molecule has 23 heavy (non-hydrogen) atoms. The first-order valence-corrected chi connectivity index (χ1v) is 7.90. The van der Waals surface area contributed by atoms with E-state index in [-0.39, 0.29) is 11.8 Å². The summed E-state index contributed by atoms with van der Waals surface area (Å²) in [5.41, 5.74) is 2.69. The molecule has 1 aliphatic heterocycles. The molecule has 1 atom stereocenters. The van der Waals surface area contributed by atoms with Crippen LogP contribution in [0.25, 0.3) is 0 Å². The van der Waals surface area contributed by atoms with Crippen LogP contribution in [-0.2, 0) is 11.2 Å². The standard InChI is InChI=1S/C18H18ClNO3/c1-3-23-17-11(5-4-6-16(17)22-2)9-14-13-10-12(19)7-8-15(13)20-18(14)21/h4-8,10,14H,3,9H2,1-2H3,(H,20,21)/t14-/m0/s1. The third-order valence-electron chi connectivity index (χ3n) is 3.96. The molecule has 0 aliphatic carbocycles. The summed E-state index contributed by atoms with van der Waals surface area (Å²) in [4.78, 5) is 12.3. The minimum absolute atomic E-state index is 0.0208. The van der Waals surface area contributed by atoms with Crippen molar-refractivity contribution in [1.29, 1.82) is 0 Å². The van der Waals surface area contributed by atoms with E-state index in [0.29, 0.717) is 29.5 Å². The van der Waals surface area contributed by atoms with Crippen LogP contribution >= 0.6 is 11.6 Å². The van der Waals surface area contributed by atoms with E-state index in [1.165, 1.54) is 0 Å². The van der Waals surface area contributed by atoms with Gasteiger partial charge in [-0.1, -0.05) is 23.7 Å². The highest BCUT2D eigenvalue weighted by Crippen LogP contribution is 2.40. The van der Waals surface area contributed by atoms with E-state index < -0.39 is 0 Å². The first-order valence-electron chi connectivity index (χ1n) is 7.53. The van der Waals surface area contributed by atoms with Crippen LogP contribution in [-0.4, -0.2) is 19.6 Å². The van der Waals surface area contributed by atoms with Crippen molar-refractivity contribution in [3.8, 4) is 11.5 Å². The number of amides is 1. The van der Waals surface area contributed by atoms with Crippen molar-refractivity contribution >= 4 is 23.2 Å². The lowest BCUT2D eigenvalue weighted by Gasteiger charge is -2.16. The van der Waals surface area contributed by atoms with E-state index in [2.05, 4.69) is 5.32 Å². The van der Waals surface area contributed by atoms with E-state index in [9.17, 15) is 4.79 Å². The Kier molecular flexibility index (Phi) is 4.44. The number of carbonyl (C=O) groups excluding carboxylic acids is 1. The maximum absolute atomic E-state index is 12.3. The molecule has 0 spiro atoms. The third-order valence-corrected chi connectivity index (χ3v) is 4.19. The lowest BCUT2D eigenvalue weighted by atomic mass is 9.92. The molecule has 0 saturated heterocycles. The highest BCUT2D eigenvalue weighted by Gasteiger charge is 2.31. The number of para-hydroxylation sites is 1. The summed E-state index contributed by atoms with van der Waals surface area (Å²) in [6.45, 7) is 2.46. The number of ether oxygens (including phenoxy) is 2. The Morgan fingerprint density at radius 2 is 2.09 bits per heavy atom. The van der Waals surface area contributed by atoms with Gasteiger partial charge in [-0.25, -0.2) is 0 Å². The molecule has 3 rings (SSSR count). The molecule has 0 saturated carbocycles. The van der Waals surface area contributed by atoms with Crippen LogP contribution in [0.4, 0.5) is 5.69 Å². The Hall–Kier alpha value is -2.20. The summed E-state index contributed by atoms with van der Waals surface area (Å²) in [7, 11) is 1.61. The summed E-state index contributed by atoms with van der Waals surface area (Å²) in [6, 6.07) is 11.2. The van der Waals surface area contributed by atoms with Crippen molar-refractivity contribution in [3.63, 3.8) is 0 Å². The second kappa shape index (κ2) is 6.50. The fraction of sp³-hybridized carbons (Fsp3) is 0.278. The van der Waals surface area contributed by atoms with E-state index >= 15 is 0 Å². The van der Waals surface area contributed by atoms with Gasteiger partial charge in [-0.05, 0) is 48.7 Å². The molecule has 0 unspecified atom stereocenters. The number of methoxy groups -OCH3 is 1. The second-order valence-corrected chi connectivity index (χ2v) is 5.80. The molecule has 2 aromatic carbocycles. The molecule has 0 radical (unpaired) electrons. The van der Waals surface area contributed by atoms with Gasteiger partial charge in [-0.15, -0.1) is 0 Å². The zero-order valence-electron chi connectivity index (χ0n) is 13.1. The summed E-state index contributed by atoms with van der Waals surface area (Å²) in [5.74, 6) is 1.07. The molecule has 2 aromatic rings. The lowest BCUT2D eigenvalue weighted by Crippen LogP contribution is -2.15. The van der Waals surface area contributed by atoms with Gasteiger partial charge in [0, 0.05) is 10.7 Å². The molecule has 1 aliphatic rings. The number of hydrogen-bond acceptors (Lipinski definition) is 3. The molecule has 0 fully saturated rings. The summed E-state index contributed by atoms with van der Waals surface area (Å²) in [6.07, 6.45) is 0.533. The van der Waals surface area contributed by atoms with Crippen LogP contribution in [0.15, 0.2) is 36.4 Å². The number of anilines is 1. The molecule has 1 amide bonds. The first-order chi connectivity index (χ1) is 11.1. The van der Waals surface area contributed by atoms with E-state index in [1.807, 2.05) is 37.3 Å². The number of fused-ring (bicyclic) bond motifs is 1. The van der Waals surface area contributed by atoms with Crippen LogP contribution in [0.1, 0.15) is 24.0 Å². The van der Waals surface area contributed by atoms with Crippen LogP contribution in [0.5, 0.6) is 11.5 Å². The summed E-state index contributed by atoms with van der Waals surface area (Å²) < 4.78 is 11.1. The van der Waals surface area contributed by atoms with E-state index in [4.69, 9.17) is 21.1 Å². The Morgan fingerprint density at radius 3 is 2.83 bits per heavy atom. The van der Waals surface area contributed by atoms with Crippen molar-refractivity contribution in [2.24, 2.45) is 0 Å². The van der Waals surface area contributed by atoms with Gasteiger partial charge in [-0.3, -0.25) is 4.79 Å². The maximum Gasteiger partial charge on any atom is 0.232 e. The fourth-order valence-electron chi connectivity index (χ4n) is 2.91. The van der Waals surface area contributed by atoms with Gasteiger partial charge in [-0.2, -0.15) is 0 Å². The number of nitrogens with one attached hydrogen (secondary N) is 1. The fourth-order valence-corrected chi connectivity index (χ4v) is 3.09. The van der Waals surface area contributed by atoms with Gasteiger partial charge in [0.05, 0.1) is 19.6 Å². The average molecular weight is 332 g/mol. The largest absolute Gasteiger partial charge is 0.493 e. The number of rotatable bonds is 5. The zero-order chi connectivity index (χ0) is 16.4. The number of benzene rings is 2. The quantitative estimate of drug-likeness (QED) is 0.900. The number of hydrogen-bond donors (Lipinski definition) is 1.